The molecule has 3 rings (SSSR count). The fourth-order valence-corrected chi connectivity index (χ4v) is 2.47. The number of fused-ring (bicyclic) bond motifs is 1. The quantitative estimate of drug-likeness (QED) is 0.763. The van der Waals surface area contributed by atoms with Gasteiger partial charge in [0.15, 0.2) is 23.1 Å². The van der Waals surface area contributed by atoms with Crippen molar-refractivity contribution in [1.29, 1.82) is 0 Å². The molecule has 0 amide bonds. The maximum absolute atomic E-state index is 13.3. The third kappa shape index (κ3) is 2.95. The van der Waals surface area contributed by atoms with Gasteiger partial charge in [-0.2, -0.15) is 0 Å². The first-order valence-electron chi connectivity index (χ1n) is 6.64. The van der Waals surface area contributed by atoms with Gasteiger partial charge in [0.25, 0.3) is 0 Å². The van der Waals surface area contributed by atoms with E-state index in [1.807, 2.05) is 0 Å². The highest BCUT2D eigenvalue weighted by atomic mass is 35.5. The van der Waals surface area contributed by atoms with Crippen molar-refractivity contribution in [1.82, 2.24) is 0 Å². The van der Waals surface area contributed by atoms with E-state index in [4.69, 9.17) is 21.1 Å². The molecule has 0 saturated carbocycles. The molecular formula is C16H13ClF2O2. The second kappa shape index (κ2) is 5.90. The zero-order chi connectivity index (χ0) is 14.8. The van der Waals surface area contributed by atoms with E-state index in [0.29, 0.717) is 30.3 Å². The van der Waals surface area contributed by atoms with E-state index >= 15 is 0 Å². The Balaban J connectivity index is 1.92. The summed E-state index contributed by atoms with van der Waals surface area (Å²) in [6.07, 6.45) is 0.817. The molecule has 0 saturated heterocycles. The Hall–Kier alpha value is -1.81. The number of hydrogen-bond acceptors (Lipinski definition) is 2. The molecule has 0 N–H and O–H groups in total. The third-order valence-corrected chi connectivity index (χ3v) is 3.80. The van der Waals surface area contributed by atoms with Gasteiger partial charge in [-0.15, -0.1) is 11.6 Å². The van der Waals surface area contributed by atoms with Crippen molar-refractivity contribution in [3.8, 4) is 11.5 Å². The third-order valence-electron chi connectivity index (χ3n) is 3.30. The van der Waals surface area contributed by atoms with Crippen molar-refractivity contribution in [2.24, 2.45) is 0 Å². The summed E-state index contributed by atoms with van der Waals surface area (Å²) < 4.78 is 37.4. The average molecular weight is 311 g/mol. The average Bonchev–Trinajstić information content (AvgIpc) is 2.73. The van der Waals surface area contributed by atoms with Crippen LogP contribution >= 0.6 is 11.6 Å². The van der Waals surface area contributed by atoms with Gasteiger partial charge >= 0.3 is 0 Å². The summed E-state index contributed by atoms with van der Waals surface area (Å²) >= 11 is 6.35. The van der Waals surface area contributed by atoms with E-state index < -0.39 is 17.0 Å². The Morgan fingerprint density at radius 2 is 1.52 bits per heavy atom. The van der Waals surface area contributed by atoms with Crippen LogP contribution in [0.2, 0.25) is 0 Å². The molecule has 1 atom stereocenters. The molecule has 2 aromatic rings. The number of benzene rings is 2. The molecule has 1 aliphatic rings. The lowest BCUT2D eigenvalue weighted by Crippen LogP contribution is -1.98. The monoisotopic (exact) mass is 310 g/mol. The Labute approximate surface area is 126 Å². The maximum Gasteiger partial charge on any atom is 0.161 e. The van der Waals surface area contributed by atoms with Crippen LogP contribution < -0.4 is 9.47 Å². The van der Waals surface area contributed by atoms with E-state index in [1.165, 1.54) is 6.07 Å². The molecule has 5 heteroatoms. The zero-order valence-electron chi connectivity index (χ0n) is 11.1. The molecule has 1 unspecified atom stereocenters. The Morgan fingerprint density at radius 3 is 2.29 bits per heavy atom. The minimum atomic E-state index is -0.910. The first-order valence-corrected chi connectivity index (χ1v) is 7.07. The highest BCUT2D eigenvalue weighted by Gasteiger charge is 2.17. The second-order valence-electron chi connectivity index (χ2n) is 4.79. The lowest BCUT2D eigenvalue weighted by molar-refractivity contribution is 0.297. The van der Waals surface area contributed by atoms with Crippen LogP contribution in [0, 0.1) is 11.6 Å². The fraction of sp³-hybridized carbons (Fsp3) is 0.250. The van der Waals surface area contributed by atoms with Gasteiger partial charge in [-0.05, 0) is 35.4 Å². The zero-order valence-corrected chi connectivity index (χ0v) is 11.9. The topological polar surface area (TPSA) is 18.5 Å². The molecule has 21 heavy (non-hydrogen) atoms. The van der Waals surface area contributed by atoms with Gasteiger partial charge in [0.1, 0.15) is 0 Å². The Bertz CT molecular complexity index is 661. The van der Waals surface area contributed by atoms with E-state index in [0.717, 1.165) is 24.1 Å². The number of alkyl halides is 1. The number of rotatable bonds is 2. The van der Waals surface area contributed by atoms with E-state index in [2.05, 4.69) is 0 Å². The molecule has 2 aromatic carbocycles. The van der Waals surface area contributed by atoms with Crippen LogP contribution in [0.1, 0.15) is 22.9 Å². The van der Waals surface area contributed by atoms with Crippen LogP contribution in [0.15, 0.2) is 36.4 Å². The van der Waals surface area contributed by atoms with Gasteiger partial charge in [0, 0.05) is 6.42 Å². The lowest BCUT2D eigenvalue weighted by atomic mass is 10.0. The molecule has 1 aliphatic heterocycles. The summed E-state index contributed by atoms with van der Waals surface area (Å²) in [5, 5.41) is -0.586. The molecule has 2 nitrogen and oxygen atoms in total. The Morgan fingerprint density at radius 1 is 0.857 bits per heavy atom. The van der Waals surface area contributed by atoms with Crippen LogP contribution in [0.3, 0.4) is 0 Å². The number of halogens is 3. The molecule has 0 aromatic heterocycles. The van der Waals surface area contributed by atoms with Gasteiger partial charge in [-0.3, -0.25) is 0 Å². The standard InChI is InChI=1S/C16H13ClF2O2/c17-16(10-2-4-12(18)13(19)8-10)11-3-5-14-15(9-11)21-7-1-6-20-14/h2-5,8-9,16H,1,6-7H2. The smallest absolute Gasteiger partial charge is 0.161 e. The van der Waals surface area contributed by atoms with Crippen LogP contribution in [0.5, 0.6) is 11.5 Å². The molecule has 0 radical (unpaired) electrons. The normalized spacial score (nSPS) is 15.4. The summed E-state index contributed by atoms with van der Waals surface area (Å²) in [4.78, 5) is 0. The molecule has 0 bridgehead atoms. The van der Waals surface area contributed by atoms with Crippen molar-refractivity contribution in [3.05, 3.63) is 59.2 Å². The van der Waals surface area contributed by atoms with E-state index in [1.54, 1.807) is 18.2 Å². The predicted molar refractivity (Wildman–Crippen MR) is 76.1 cm³/mol. The van der Waals surface area contributed by atoms with E-state index in [9.17, 15) is 8.78 Å². The number of hydrogen-bond donors (Lipinski definition) is 0. The largest absolute Gasteiger partial charge is 0.490 e. The lowest BCUT2D eigenvalue weighted by Gasteiger charge is -2.14. The van der Waals surface area contributed by atoms with Crippen molar-refractivity contribution in [3.63, 3.8) is 0 Å². The molecule has 0 aliphatic carbocycles. The van der Waals surface area contributed by atoms with Gasteiger partial charge in [-0.25, -0.2) is 8.78 Å². The highest BCUT2D eigenvalue weighted by Crippen LogP contribution is 2.36. The summed E-state index contributed by atoms with van der Waals surface area (Å²) in [7, 11) is 0. The van der Waals surface area contributed by atoms with Gasteiger partial charge in [0.2, 0.25) is 0 Å². The van der Waals surface area contributed by atoms with Crippen LogP contribution in [0.4, 0.5) is 8.78 Å². The summed E-state index contributed by atoms with van der Waals surface area (Å²) in [6, 6.07) is 9.01. The first-order chi connectivity index (χ1) is 10.1. The van der Waals surface area contributed by atoms with Crippen LogP contribution in [-0.2, 0) is 0 Å². The highest BCUT2D eigenvalue weighted by molar-refractivity contribution is 6.22. The minimum Gasteiger partial charge on any atom is -0.490 e. The first kappa shape index (κ1) is 14.1. The number of ether oxygens (including phenoxy) is 2. The van der Waals surface area contributed by atoms with Gasteiger partial charge in [0.05, 0.1) is 18.6 Å². The van der Waals surface area contributed by atoms with Crippen LogP contribution in [0.25, 0.3) is 0 Å². The van der Waals surface area contributed by atoms with Crippen molar-refractivity contribution < 1.29 is 18.3 Å². The summed E-state index contributed by atoms with van der Waals surface area (Å²) in [6.45, 7) is 1.19. The maximum atomic E-state index is 13.3. The minimum absolute atomic E-state index is 0.491. The van der Waals surface area contributed by atoms with Gasteiger partial charge in [-0.1, -0.05) is 12.1 Å². The Kier molecular flexibility index (Phi) is 3.97. The summed E-state index contributed by atoms with van der Waals surface area (Å²) in [5.74, 6) is -0.502. The van der Waals surface area contributed by atoms with Crippen molar-refractivity contribution >= 4 is 11.6 Å². The van der Waals surface area contributed by atoms with E-state index in [-0.39, 0.29) is 0 Å². The summed E-state index contributed by atoms with van der Waals surface area (Å²) in [5.41, 5.74) is 1.23. The molecule has 0 spiro atoms. The van der Waals surface area contributed by atoms with Gasteiger partial charge < -0.3 is 9.47 Å². The fourth-order valence-electron chi connectivity index (χ4n) is 2.20. The van der Waals surface area contributed by atoms with Crippen LogP contribution in [-0.4, -0.2) is 13.2 Å². The molecule has 0 fully saturated rings. The second-order valence-corrected chi connectivity index (χ2v) is 5.23. The molecular weight excluding hydrogens is 298 g/mol. The predicted octanol–water partition coefficient (Wildman–Crippen LogP) is 4.45. The van der Waals surface area contributed by atoms with Crippen molar-refractivity contribution in [2.45, 2.75) is 11.8 Å². The SMILES string of the molecule is Fc1ccc(C(Cl)c2ccc3c(c2)OCCCO3)cc1F. The molecule has 1 heterocycles. The molecule has 110 valence electrons. The van der Waals surface area contributed by atoms with Crippen molar-refractivity contribution in [2.75, 3.05) is 13.2 Å².